The number of carboxylic acids is 1. The zero-order valence-corrected chi connectivity index (χ0v) is 16.9. The molecule has 0 radical (unpaired) electrons. The average Bonchev–Trinajstić information content (AvgIpc) is 2.70. The van der Waals surface area contributed by atoms with Crippen LogP contribution in [0.15, 0.2) is 18.3 Å². The molecule has 0 aliphatic carbocycles. The van der Waals surface area contributed by atoms with Gasteiger partial charge >= 0.3 is 5.97 Å². The standard InChI is InChI=1S/C20H26N4O5/c1-10-11(2)24(6-5-13(10)20(26)27)19-18(21)22-9-14(23-19)12-7-15(28-3)17(25)16(8-12)29-4/h7-11,13,25H,5-6H2,1-4H3,(H2,21,22)(H,26,27)/t10-,11+,13+/m0/s1. The summed E-state index contributed by atoms with van der Waals surface area (Å²) in [7, 11) is 2.90. The van der Waals surface area contributed by atoms with E-state index in [-0.39, 0.29) is 35.0 Å². The van der Waals surface area contributed by atoms with E-state index in [2.05, 4.69) is 4.98 Å². The van der Waals surface area contributed by atoms with Crippen LogP contribution in [0.2, 0.25) is 0 Å². The smallest absolute Gasteiger partial charge is 0.306 e. The van der Waals surface area contributed by atoms with Crippen LogP contribution in [0, 0.1) is 11.8 Å². The molecule has 2 heterocycles. The number of ether oxygens (including phenoxy) is 2. The molecule has 29 heavy (non-hydrogen) atoms. The molecule has 3 rings (SSSR count). The van der Waals surface area contributed by atoms with Crippen molar-refractivity contribution in [3.63, 3.8) is 0 Å². The monoisotopic (exact) mass is 402 g/mol. The van der Waals surface area contributed by atoms with Crippen LogP contribution in [-0.2, 0) is 4.79 Å². The van der Waals surface area contributed by atoms with E-state index in [1.54, 1.807) is 18.3 Å². The van der Waals surface area contributed by atoms with Crippen LogP contribution in [0.25, 0.3) is 11.3 Å². The van der Waals surface area contributed by atoms with Gasteiger partial charge in [-0.3, -0.25) is 4.79 Å². The highest BCUT2D eigenvalue weighted by Gasteiger charge is 2.37. The number of carbonyl (C=O) groups is 1. The van der Waals surface area contributed by atoms with Crippen molar-refractivity contribution in [1.29, 1.82) is 0 Å². The average molecular weight is 402 g/mol. The predicted octanol–water partition coefficient (Wildman–Crippen LogP) is 2.38. The second-order valence-electron chi connectivity index (χ2n) is 7.22. The summed E-state index contributed by atoms with van der Waals surface area (Å²) in [6, 6.07) is 3.22. The van der Waals surface area contributed by atoms with Gasteiger partial charge in [-0.15, -0.1) is 0 Å². The van der Waals surface area contributed by atoms with E-state index in [1.165, 1.54) is 14.2 Å². The Morgan fingerprint density at radius 2 is 1.86 bits per heavy atom. The molecule has 9 nitrogen and oxygen atoms in total. The Balaban J connectivity index is 2.01. The third kappa shape index (κ3) is 3.72. The number of aliphatic carboxylic acids is 1. The molecule has 3 atom stereocenters. The van der Waals surface area contributed by atoms with Crippen LogP contribution in [0.1, 0.15) is 20.3 Å². The maximum Gasteiger partial charge on any atom is 0.306 e. The molecule has 1 aliphatic rings. The molecule has 156 valence electrons. The van der Waals surface area contributed by atoms with Gasteiger partial charge in [-0.05, 0) is 31.4 Å². The first kappa shape index (κ1) is 20.5. The minimum atomic E-state index is -0.778. The fourth-order valence-electron chi connectivity index (χ4n) is 3.79. The number of phenols is 1. The summed E-state index contributed by atoms with van der Waals surface area (Å²) in [5.41, 5.74) is 7.29. The molecular formula is C20H26N4O5. The van der Waals surface area contributed by atoms with Gasteiger partial charge in [-0.1, -0.05) is 6.92 Å². The van der Waals surface area contributed by atoms with E-state index in [1.807, 2.05) is 18.7 Å². The minimum Gasteiger partial charge on any atom is -0.502 e. The van der Waals surface area contributed by atoms with Crippen molar-refractivity contribution in [3.8, 4) is 28.5 Å². The first-order chi connectivity index (χ1) is 13.8. The number of aromatic nitrogens is 2. The molecular weight excluding hydrogens is 376 g/mol. The Bertz CT molecular complexity index is 895. The second-order valence-corrected chi connectivity index (χ2v) is 7.22. The molecule has 9 heteroatoms. The fraction of sp³-hybridized carbons (Fsp3) is 0.450. The summed E-state index contributed by atoms with van der Waals surface area (Å²) in [6.45, 7) is 4.42. The topological polar surface area (TPSA) is 131 Å². The Hall–Kier alpha value is -3.23. The number of hydrogen-bond acceptors (Lipinski definition) is 8. The summed E-state index contributed by atoms with van der Waals surface area (Å²) in [6.07, 6.45) is 2.05. The number of benzene rings is 1. The Morgan fingerprint density at radius 3 is 2.41 bits per heavy atom. The zero-order valence-electron chi connectivity index (χ0n) is 16.9. The van der Waals surface area contributed by atoms with Gasteiger partial charge in [0.2, 0.25) is 5.75 Å². The van der Waals surface area contributed by atoms with Gasteiger partial charge in [0.25, 0.3) is 0 Å². The third-order valence-electron chi connectivity index (χ3n) is 5.71. The number of methoxy groups -OCH3 is 2. The molecule has 1 aromatic heterocycles. The predicted molar refractivity (Wildman–Crippen MR) is 108 cm³/mol. The van der Waals surface area contributed by atoms with Gasteiger partial charge in [-0.25, -0.2) is 9.97 Å². The van der Waals surface area contributed by atoms with Crippen LogP contribution >= 0.6 is 0 Å². The second kappa shape index (κ2) is 8.02. The van der Waals surface area contributed by atoms with Gasteiger partial charge in [0, 0.05) is 18.2 Å². The highest BCUT2D eigenvalue weighted by molar-refractivity contribution is 5.73. The number of phenolic OH excluding ortho intramolecular Hbond substituents is 1. The van der Waals surface area contributed by atoms with Gasteiger partial charge in [0.15, 0.2) is 23.1 Å². The van der Waals surface area contributed by atoms with Gasteiger partial charge in [0.1, 0.15) is 0 Å². The summed E-state index contributed by atoms with van der Waals surface area (Å²) in [4.78, 5) is 22.5. The molecule has 1 fully saturated rings. The lowest BCUT2D eigenvalue weighted by molar-refractivity contribution is -0.144. The zero-order chi connectivity index (χ0) is 21.3. The molecule has 4 N–H and O–H groups in total. The summed E-state index contributed by atoms with van der Waals surface area (Å²) < 4.78 is 10.4. The number of carboxylic acid groups (broad SMARTS) is 1. The number of nitrogens with zero attached hydrogens (tertiary/aromatic N) is 3. The van der Waals surface area contributed by atoms with Crippen LogP contribution in [0.3, 0.4) is 0 Å². The van der Waals surface area contributed by atoms with Crippen LogP contribution in [-0.4, -0.2) is 53.0 Å². The summed E-state index contributed by atoms with van der Waals surface area (Å²) in [5, 5.41) is 19.6. The van der Waals surface area contributed by atoms with E-state index in [9.17, 15) is 15.0 Å². The number of rotatable bonds is 5. The maximum atomic E-state index is 11.5. The quantitative estimate of drug-likeness (QED) is 0.690. The minimum absolute atomic E-state index is 0.0689. The number of anilines is 2. The molecule has 1 aromatic carbocycles. The number of nitrogens with two attached hydrogens (primary N) is 1. The van der Waals surface area contributed by atoms with Crippen molar-refractivity contribution in [2.45, 2.75) is 26.3 Å². The largest absolute Gasteiger partial charge is 0.502 e. The van der Waals surface area contributed by atoms with E-state index in [4.69, 9.17) is 20.2 Å². The highest BCUT2D eigenvalue weighted by Crippen LogP contribution is 2.41. The molecule has 0 saturated carbocycles. The highest BCUT2D eigenvalue weighted by atomic mass is 16.5. The Kier molecular flexibility index (Phi) is 5.67. The number of nitrogen functional groups attached to an aromatic ring is 1. The van der Waals surface area contributed by atoms with Crippen LogP contribution in [0.4, 0.5) is 11.6 Å². The Morgan fingerprint density at radius 1 is 1.24 bits per heavy atom. The Labute approximate surface area is 169 Å². The van der Waals surface area contributed by atoms with E-state index in [0.717, 1.165) is 0 Å². The fourth-order valence-corrected chi connectivity index (χ4v) is 3.79. The van der Waals surface area contributed by atoms with E-state index >= 15 is 0 Å². The van der Waals surface area contributed by atoms with Crippen LogP contribution < -0.4 is 20.1 Å². The summed E-state index contributed by atoms with van der Waals surface area (Å²) >= 11 is 0. The molecule has 0 spiro atoms. The van der Waals surface area contributed by atoms with E-state index in [0.29, 0.717) is 30.0 Å². The van der Waals surface area contributed by atoms with Crippen molar-refractivity contribution in [2.75, 3.05) is 31.4 Å². The van der Waals surface area contributed by atoms with Gasteiger partial charge < -0.3 is 30.3 Å². The van der Waals surface area contributed by atoms with Crippen molar-refractivity contribution < 1.29 is 24.5 Å². The first-order valence-corrected chi connectivity index (χ1v) is 9.35. The lowest BCUT2D eigenvalue weighted by atomic mass is 9.81. The lowest BCUT2D eigenvalue weighted by Gasteiger charge is -2.42. The van der Waals surface area contributed by atoms with Crippen molar-refractivity contribution >= 4 is 17.6 Å². The molecule has 0 amide bonds. The van der Waals surface area contributed by atoms with Crippen molar-refractivity contribution in [1.82, 2.24) is 9.97 Å². The SMILES string of the molecule is COc1cc(-c2cnc(N)c(N3CC[C@@H](C(=O)O)[C@@H](C)[C@H]3C)n2)cc(OC)c1O. The molecule has 0 bridgehead atoms. The van der Waals surface area contributed by atoms with Crippen molar-refractivity contribution in [3.05, 3.63) is 18.3 Å². The molecule has 1 aliphatic heterocycles. The normalized spacial score (nSPS) is 21.7. The van der Waals surface area contributed by atoms with Crippen molar-refractivity contribution in [2.24, 2.45) is 11.8 Å². The first-order valence-electron chi connectivity index (χ1n) is 9.35. The number of aromatic hydroxyl groups is 1. The maximum absolute atomic E-state index is 11.5. The number of hydrogen-bond donors (Lipinski definition) is 3. The van der Waals surface area contributed by atoms with Gasteiger partial charge in [-0.2, -0.15) is 0 Å². The number of piperidine rings is 1. The third-order valence-corrected chi connectivity index (χ3v) is 5.71. The van der Waals surface area contributed by atoms with Crippen LogP contribution in [0.5, 0.6) is 17.2 Å². The molecule has 2 aromatic rings. The van der Waals surface area contributed by atoms with Gasteiger partial charge in [0.05, 0.1) is 32.0 Å². The molecule has 1 saturated heterocycles. The lowest BCUT2D eigenvalue weighted by Crippen LogP contribution is -2.49. The van der Waals surface area contributed by atoms with E-state index < -0.39 is 11.9 Å². The summed E-state index contributed by atoms with van der Waals surface area (Å²) in [5.74, 6) is -0.0478. The molecule has 0 unspecified atom stereocenters.